The summed E-state index contributed by atoms with van der Waals surface area (Å²) in [5, 5.41) is 28.8. The Balaban J connectivity index is 1.82. The Morgan fingerprint density at radius 3 is 2.55 bits per heavy atom. The summed E-state index contributed by atoms with van der Waals surface area (Å²) >= 11 is 0. The molecular weight excluding hydrogens is 290 g/mol. The van der Waals surface area contributed by atoms with Gasteiger partial charge in [0, 0.05) is 19.3 Å². The highest BCUT2D eigenvalue weighted by molar-refractivity contribution is 5.36. The summed E-state index contributed by atoms with van der Waals surface area (Å²) in [6.07, 6.45) is 0.409. The predicted molar refractivity (Wildman–Crippen MR) is 77.6 cm³/mol. The molecule has 0 unspecified atom stereocenters. The maximum Gasteiger partial charge on any atom is 0.351 e. The van der Waals surface area contributed by atoms with E-state index in [-0.39, 0.29) is 0 Å². The zero-order chi connectivity index (χ0) is 15.7. The number of rotatable bonds is 3. The molecule has 8 heteroatoms. The third-order valence-corrected chi connectivity index (χ3v) is 4.29. The van der Waals surface area contributed by atoms with E-state index in [2.05, 4.69) is 9.88 Å². The zero-order valence-electron chi connectivity index (χ0n) is 12.2. The monoisotopic (exact) mass is 311 g/mol. The lowest BCUT2D eigenvalue weighted by Gasteiger charge is -2.28. The number of aliphatic hydroxyl groups excluding tert-OH is 3. The minimum atomic E-state index is -1.28. The molecule has 3 heterocycles. The third kappa shape index (κ3) is 2.74. The molecule has 0 aliphatic carbocycles. The van der Waals surface area contributed by atoms with Gasteiger partial charge in [-0.1, -0.05) is 0 Å². The number of aromatic nitrogens is 2. The first-order chi connectivity index (χ1) is 10.6. The average molecular weight is 311 g/mol. The van der Waals surface area contributed by atoms with Gasteiger partial charge in [0.25, 0.3) is 0 Å². The highest BCUT2D eigenvalue weighted by Gasteiger charge is 2.43. The standard InChI is InChI=1S/C14H21N3O5/c18-8-9-11(19)12(20)13(22-9)17-7-4-10(15-14(17)21)16-5-2-1-3-6-16/h4,7,9,11-13,18-20H,1-3,5-6,8H2/t9-,11+,12+,13-/m0/s1. The maximum atomic E-state index is 12.2. The lowest BCUT2D eigenvalue weighted by atomic mass is 10.1. The predicted octanol–water partition coefficient (Wildman–Crippen LogP) is -1.15. The van der Waals surface area contributed by atoms with Crippen LogP contribution in [0.2, 0.25) is 0 Å². The van der Waals surface area contributed by atoms with E-state index in [4.69, 9.17) is 9.84 Å². The molecule has 1 aromatic heterocycles. The Kier molecular flexibility index (Phi) is 4.44. The Labute approximate surface area is 127 Å². The smallest absolute Gasteiger partial charge is 0.351 e. The lowest BCUT2D eigenvalue weighted by molar-refractivity contribution is -0.0549. The fraction of sp³-hybridized carbons (Fsp3) is 0.714. The molecule has 0 amide bonds. The minimum Gasteiger partial charge on any atom is -0.394 e. The van der Waals surface area contributed by atoms with Crippen LogP contribution in [0.25, 0.3) is 0 Å². The number of hydrogen-bond acceptors (Lipinski definition) is 7. The van der Waals surface area contributed by atoms with Crippen molar-refractivity contribution in [2.75, 3.05) is 24.6 Å². The summed E-state index contributed by atoms with van der Waals surface area (Å²) in [4.78, 5) is 18.3. The van der Waals surface area contributed by atoms with Gasteiger partial charge in [0.15, 0.2) is 6.23 Å². The van der Waals surface area contributed by atoms with Crippen LogP contribution in [0.1, 0.15) is 25.5 Å². The molecule has 0 bridgehead atoms. The molecule has 0 aromatic carbocycles. The lowest BCUT2D eigenvalue weighted by Crippen LogP contribution is -2.37. The highest BCUT2D eigenvalue weighted by atomic mass is 16.6. The van der Waals surface area contributed by atoms with Gasteiger partial charge in [-0.15, -0.1) is 0 Å². The number of piperidine rings is 1. The van der Waals surface area contributed by atoms with E-state index in [1.807, 2.05) is 0 Å². The number of ether oxygens (including phenoxy) is 1. The van der Waals surface area contributed by atoms with Gasteiger partial charge in [-0.25, -0.2) is 4.79 Å². The highest BCUT2D eigenvalue weighted by Crippen LogP contribution is 2.28. The summed E-state index contributed by atoms with van der Waals surface area (Å²) < 4.78 is 6.50. The molecule has 0 spiro atoms. The van der Waals surface area contributed by atoms with E-state index in [1.54, 1.807) is 6.07 Å². The summed E-state index contributed by atoms with van der Waals surface area (Å²) in [6.45, 7) is 1.33. The van der Waals surface area contributed by atoms with E-state index in [1.165, 1.54) is 12.6 Å². The van der Waals surface area contributed by atoms with Crippen molar-refractivity contribution < 1.29 is 20.1 Å². The quantitative estimate of drug-likeness (QED) is 0.646. The summed E-state index contributed by atoms with van der Waals surface area (Å²) in [5.74, 6) is 0.618. The fourth-order valence-electron chi connectivity index (χ4n) is 3.01. The van der Waals surface area contributed by atoms with Crippen LogP contribution >= 0.6 is 0 Å². The maximum absolute atomic E-state index is 12.2. The first kappa shape index (κ1) is 15.4. The van der Waals surface area contributed by atoms with E-state index in [9.17, 15) is 15.0 Å². The Morgan fingerprint density at radius 1 is 1.23 bits per heavy atom. The number of aliphatic hydroxyl groups is 3. The number of hydrogen-bond donors (Lipinski definition) is 3. The molecule has 2 aliphatic heterocycles. The normalized spacial score (nSPS) is 32.4. The van der Waals surface area contributed by atoms with Crippen LogP contribution in [0.3, 0.4) is 0 Å². The van der Waals surface area contributed by atoms with Gasteiger partial charge in [0.05, 0.1) is 6.61 Å². The second-order valence-electron chi connectivity index (χ2n) is 5.75. The number of nitrogens with zero attached hydrogens (tertiary/aromatic N) is 3. The molecular formula is C14H21N3O5. The summed E-state index contributed by atoms with van der Waals surface area (Å²) in [7, 11) is 0. The van der Waals surface area contributed by atoms with Crippen molar-refractivity contribution >= 4 is 5.82 Å². The molecule has 2 fully saturated rings. The van der Waals surface area contributed by atoms with Crippen molar-refractivity contribution in [3.8, 4) is 0 Å². The Bertz CT molecular complexity index is 572. The molecule has 122 valence electrons. The van der Waals surface area contributed by atoms with Crippen molar-refractivity contribution in [1.29, 1.82) is 0 Å². The van der Waals surface area contributed by atoms with Crippen molar-refractivity contribution in [2.45, 2.75) is 43.8 Å². The van der Waals surface area contributed by atoms with Crippen LogP contribution in [0.15, 0.2) is 17.1 Å². The minimum absolute atomic E-state index is 0.428. The summed E-state index contributed by atoms with van der Waals surface area (Å²) in [5.41, 5.74) is -0.544. The van der Waals surface area contributed by atoms with Gasteiger partial charge < -0.3 is 25.0 Å². The Hall–Kier alpha value is -1.48. The van der Waals surface area contributed by atoms with Gasteiger partial charge in [0.2, 0.25) is 0 Å². The molecule has 8 nitrogen and oxygen atoms in total. The second-order valence-corrected chi connectivity index (χ2v) is 5.75. The van der Waals surface area contributed by atoms with Crippen molar-refractivity contribution in [3.63, 3.8) is 0 Å². The van der Waals surface area contributed by atoms with Gasteiger partial charge in [0.1, 0.15) is 24.1 Å². The molecule has 4 atom stereocenters. The van der Waals surface area contributed by atoms with E-state index in [0.717, 1.165) is 30.5 Å². The SMILES string of the molecule is O=c1nc(N2CCCCC2)ccn1[C@H]1O[C@@H](CO)[C@@H](O)[C@H]1O. The molecule has 2 aliphatic rings. The van der Waals surface area contributed by atoms with E-state index in [0.29, 0.717) is 5.82 Å². The van der Waals surface area contributed by atoms with Crippen LogP contribution in [0.5, 0.6) is 0 Å². The molecule has 2 saturated heterocycles. The molecule has 3 N–H and O–H groups in total. The topological polar surface area (TPSA) is 108 Å². The van der Waals surface area contributed by atoms with Gasteiger partial charge in [-0.3, -0.25) is 4.57 Å². The summed E-state index contributed by atoms with van der Waals surface area (Å²) in [6, 6.07) is 1.71. The average Bonchev–Trinajstić information content (AvgIpc) is 2.83. The Morgan fingerprint density at radius 2 is 1.95 bits per heavy atom. The number of anilines is 1. The van der Waals surface area contributed by atoms with Gasteiger partial charge >= 0.3 is 5.69 Å². The van der Waals surface area contributed by atoms with Crippen LogP contribution in [-0.4, -0.2) is 62.9 Å². The molecule has 22 heavy (non-hydrogen) atoms. The van der Waals surface area contributed by atoms with Gasteiger partial charge in [-0.05, 0) is 25.3 Å². The van der Waals surface area contributed by atoms with Crippen LogP contribution in [-0.2, 0) is 4.74 Å². The third-order valence-electron chi connectivity index (χ3n) is 4.29. The van der Waals surface area contributed by atoms with Crippen molar-refractivity contribution in [2.24, 2.45) is 0 Å². The molecule has 1 aromatic rings. The molecule has 0 saturated carbocycles. The van der Waals surface area contributed by atoms with Crippen molar-refractivity contribution in [1.82, 2.24) is 9.55 Å². The zero-order valence-corrected chi connectivity index (χ0v) is 12.2. The van der Waals surface area contributed by atoms with Crippen molar-refractivity contribution in [3.05, 3.63) is 22.7 Å². The van der Waals surface area contributed by atoms with Crippen LogP contribution in [0.4, 0.5) is 5.82 Å². The first-order valence-corrected chi connectivity index (χ1v) is 7.58. The molecule has 3 rings (SSSR count). The molecule has 0 radical (unpaired) electrons. The second kappa shape index (κ2) is 6.33. The first-order valence-electron chi connectivity index (χ1n) is 7.58. The van der Waals surface area contributed by atoms with Gasteiger partial charge in [-0.2, -0.15) is 4.98 Å². The van der Waals surface area contributed by atoms with Crippen LogP contribution in [0, 0.1) is 0 Å². The fourth-order valence-corrected chi connectivity index (χ4v) is 3.01. The van der Waals surface area contributed by atoms with Crippen LogP contribution < -0.4 is 10.6 Å². The van der Waals surface area contributed by atoms with E-state index >= 15 is 0 Å². The largest absolute Gasteiger partial charge is 0.394 e. The van der Waals surface area contributed by atoms with E-state index < -0.39 is 36.8 Å².